The molecule has 162 valence electrons. The van der Waals surface area contributed by atoms with Crippen molar-refractivity contribution in [2.24, 2.45) is 0 Å². The molecular weight excluding hydrogens is 429 g/mol. The average molecular weight is 443 g/mol. The van der Waals surface area contributed by atoms with Crippen LogP contribution in [0.4, 0.5) is 15.8 Å². The number of carbonyl (C=O) groups excluding carboxylic acids is 1. The minimum absolute atomic E-state index is 0.0324. The van der Waals surface area contributed by atoms with Gasteiger partial charge in [0.05, 0.1) is 10.6 Å². The second-order valence-electron chi connectivity index (χ2n) is 7.09. The summed E-state index contributed by atoms with van der Waals surface area (Å²) >= 11 is 0. The first-order valence-electron chi connectivity index (χ1n) is 9.75. The van der Waals surface area contributed by atoms with Gasteiger partial charge in [0.2, 0.25) is 0 Å². The van der Waals surface area contributed by atoms with Gasteiger partial charge in [0.15, 0.2) is 5.76 Å². The highest BCUT2D eigenvalue weighted by atomic mass is 19.1. The molecule has 0 aliphatic carbocycles. The van der Waals surface area contributed by atoms with Gasteiger partial charge in [0.1, 0.15) is 22.6 Å². The van der Waals surface area contributed by atoms with Gasteiger partial charge >= 0.3 is 0 Å². The van der Waals surface area contributed by atoms with Gasteiger partial charge in [-0.15, -0.1) is 10.2 Å². The van der Waals surface area contributed by atoms with Crippen LogP contribution in [0.3, 0.4) is 0 Å². The summed E-state index contributed by atoms with van der Waals surface area (Å²) < 4.78 is 18.8. The number of hydrogen-bond acceptors (Lipinski definition) is 6. The SMILES string of the molecule is O=C(Nc1ccc2nn(-c3ccc(F)cc3)nc2c1)c1ccc(-c2ccc([N+](=O)[O-])cc2)o1. The average Bonchev–Trinajstić information content (AvgIpc) is 3.47. The number of benzene rings is 3. The third-order valence-electron chi connectivity index (χ3n) is 4.89. The number of amides is 1. The van der Waals surface area contributed by atoms with Gasteiger partial charge in [-0.25, -0.2) is 4.39 Å². The van der Waals surface area contributed by atoms with Gasteiger partial charge < -0.3 is 9.73 Å². The van der Waals surface area contributed by atoms with Crippen LogP contribution in [0.25, 0.3) is 28.0 Å². The first-order valence-corrected chi connectivity index (χ1v) is 9.75. The van der Waals surface area contributed by atoms with E-state index in [4.69, 9.17) is 4.42 Å². The highest BCUT2D eigenvalue weighted by Crippen LogP contribution is 2.25. The molecule has 0 bridgehead atoms. The van der Waals surface area contributed by atoms with Crippen LogP contribution in [-0.2, 0) is 0 Å². The number of halogens is 1. The van der Waals surface area contributed by atoms with Gasteiger partial charge in [0, 0.05) is 23.4 Å². The topological polar surface area (TPSA) is 116 Å². The van der Waals surface area contributed by atoms with E-state index in [0.717, 1.165) is 0 Å². The molecule has 0 saturated carbocycles. The predicted molar refractivity (Wildman–Crippen MR) is 118 cm³/mol. The number of aromatic nitrogens is 3. The Morgan fingerprint density at radius 3 is 2.39 bits per heavy atom. The standard InChI is InChI=1S/C23H14FN5O4/c24-15-3-8-17(9-4-15)28-26-19-10-5-16(13-20(19)27-28)25-23(30)22-12-11-21(33-22)14-1-6-18(7-2-14)29(31)32/h1-13H,(H,25,30). The van der Waals surface area contributed by atoms with E-state index in [1.807, 2.05) is 0 Å². The van der Waals surface area contributed by atoms with Gasteiger partial charge in [-0.05, 0) is 66.7 Å². The molecule has 1 N–H and O–H groups in total. The largest absolute Gasteiger partial charge is 0.451 e. The fourth-order valence-corrected chi connectivity index (χ4v) is 3.24. The summed E-state index contributed by atoms with van der Waals surface area (Å²) in [6, 6.07) is 19.8. The van der Waals surface area contributed by atoms with Crippen molar-refractivity contribution in [1.29, 1.82) is 0 Å². The van der Waals surface area contributed by atoms with E-state index in [9.17, 15) is 19.3 Å². The zero-order chi connectivity index (χ0) is 22.9. The normalized spacial score (nSPS) is 10.9. The van der Waals surface area contributed by atoms with Crippen molar-refractivity contribution >= 4 is 28.3 Å². The number of hydrogen-bond donors (Lipinski definition) is 1. The highest BCUT2D eigenvalue weighted by Gasteiger charge is 2.15. The summed E-state index contributed by atoms with van der Waals surface area (Å²) in [5.41, 5.74) is 2.83. The number of anilines is 1. The zero-order valence-corrected chi connectivity index (χ0v) is 16.8. The summed E-state index contributed by atoms with van der Waals surface area (Å²) in [5, 5.41) is 22.3. The summed E-state index contributed by atoms with van der Waals surface area (Å²) in [6.45, 7) is 0. The molecule has 0 atom stereocenters. The summed E-state index contributed by atoms with van der Waals surface area (Å²) in [7, 11) is 0. The van der Waals surface area contributed by atoms with Crippen LogP contribution in [0.15, 0.2) is 83.3 Å². The third-order valence-corrected chi connectivity index (χ3v) is 4.89. The molecule has 5 rings (SSSR count). The number of fused-ring (bicyclic) bond motifs is 1. The van der Waals surface area contributed by atoms with Crippen LogP contribution < -0.4 is 5.32 Å². The van der Waals surface area contributed by atoms with E-state index in [1.165, 1.54) is 35.1 Å². The van der Waals surface area contributed by atoms with Gasteiger partial charge in [-0.1, -0.05) is 0 Å². The van der Waals surface area contributed by atoms with Crippen LogP contribution in [-0.4, -0.2) is 25.8 Å². The van der Waals surface area contributed by atoms with Crippen molar-refractivity contribution in [3.8, 4) is 17.0 Å². The molecule has 0 radical (unpaired) electrons. The summed E-state index contributed by atoms with van der Waals surface area (Å²) in [6.07, 6.45) is 0. The lowest BCUT2D eigenvalue weighted by atomic mass is 10.1. The number of carbonyl (C=O) groups is 1. The first kappa shape index (κ1) is 20.1. The monoisotopic (exact) mass is 443 g/mol. The molecule has 0 aliphatic rings. The maximum absolute atomic E-state index is 13.1. The second-order valence-corrected chi connectivity index (χ2v) is 7.09. The minimum Gasteiger partial charge on any atom is -0.451 e. The van der Waals surface area contributed by atoms with Crippen molar-refractivity contribution in [2.45, 2.75) is 0 Å². The van der Waals surface area contributed by atoms with E-state index in [1.54, 1.807) is 48.5 Å². The maximum Gasteiger partial charge on any atom is 0.291 e. The van der Waals surface area contributed by atoms with E-state index in [-0.39, 0.29) is 17.3 Å². The Bertz CT molecular complexity index is 1490. The molecule has 9 nitrogen and oxygen atoms in total. The fraction of sp³-hybridized carbons (Fsp3) is 0. The Labute approximate surface area is 185 Å². The fourth-order valence-electron chi connectivity index (χ4n) is 3.24. The molecule has 0 unspecified atom stereocenters. The van der Waals surface area contributed by atoms with Crippen molar-refractivity contribution in [3.05, 3.63) is 101 Å². The Morgan fingerprint density at radius 1 is 0.939 bits per heavy atom. The van der Waals surface area contributed by atoms with Gasteiger partial charge in [0.25, 0.3) is 11.6 Å². The summed E-state index contributed by atoms with van der Waals surface area (Å²) in [4.78, 5) is 24.3. The van der Waals surface area contributed by atoms with Crippen LogP contribution in [0.5, 0.6) is 0 Å². The smallest absolute Gasteiger partial charge is 0.291 e. The Morgan fingerprint density at radius 2 is 1.67 bits per heavy atom. The predicted octanol–water partition coefficient (Wildman–Crippen LogP) is 4.98. The lowest BCUT2D eigenvalue weighted by molar-refractivity contribution is -0.384. The number of nitro groups is 1. The molecule has 0 spiro atoms. The van der Waals surface area contributed by atoms with Gasteiger partial charge in [-0.3, -0.25) is 14.9 Å². The van der Waals surface area contributed by atoms with Crippen molar-refractivity contribution in [1.82, 2.24) is 15.0 Å². The molecule has 1 amide bonds. The minimum atomic E-state index is -0.486. The molecule has 10 heteroatoms. The number of non-ortho nitro benzene ring substituents is 1. The molecule has 2 heterocycles. The molecule has 0 aliphatic heterocycles. The molecule has 5 aromatic rings. The molecule has 2 aromatic heterocycles. The molecule has 0 saturated heterocycles. The Balaban J connectivity index is 1.33. The molecular formula is C23H14FN5O4. The lowest BCUT2D eigenvalue weighted by Crippen LogP contribution is -2.10. The molecule has 0 fully saturated rings. The Hall–Kier alpha value is -4.86. The molecule has 3 aromatic carbocycles. The second kappa shape index (κ2) is 8.00. The number of nitro benzene ring substituents is 1. The van der Waals surface area contributed by atoms with Crippen molar-refractivity contribution in [2.75, 3.05) is 5.32 Å². The first-order chi connectivity index (χ1) is 16.0. The number of rotatable bonds is 5. The quantitative estimate of drug-likeness (QED) is 0.302. The number of nitrogens with one attached hydrogen (secondary N) is 1. The Kier molecular flexibility index (Phi) is 4.87. The molecule has 33 heavy (non-hydrogen) atoms. The van der Waals surface area contributed by atoms with E-state index in [2.05, 4.69) is 15.5 Å². The maximum atomic E-state index is 13.1. The van der Waals surface area contributed by atoms with Crippen LogP contribution >= 0.6 is 0 Å². The van der Waals surface area contributed by atoms with Crippen LogP contribution in [0.1, 0.15) is 10.6 Å². The van der Waals surface area contributed by atoms with Crippen molar-refractivity contribution < 1.29 is 18.5 Å². The van der Waals surface area contributed by atoms with Gasteiger partial charge in [-0.2, -0.15) is 4.80 Å². The number of furan rings is 1. The van der Waals surface area contributed by atoms with E-state index < -0.39 is 10.8 Å². The van der Waals surface area contributed by atoms with Crippen LogP contribution in [0, 0.1) is 15.9 Å². The van der Waals surface area contributed by atoms with E-state index >= 15 is 0 Å². The lowest BCUT2D eigenvalue weighted by Gasteiger charge is -2.02. The highest BCUT2D eigenvalue weighted by molar-refractivity contribution is 6.03. The zero-order valence-electron chi connectivity index (χ0n) is 16.8. The van der Waals surface area contributed by atoms with E-state index in [0.29, 0.717) is 33.7 Å². The van der Waals surface area contributed by atoms with Crippen molar-refractivity contribution in [3.63, 3.8) is 0 Å². The third kappa shape index (κ3) is 4.04. The number of nitrogens with zero attached hydrogens (tertiary/aromatic N) is 4. The summed E-state index contributed by atoms with van der Waals surface area (Å²) in [5.74, 6) is -0.324. The van der Waals surface area contributed by atoms with Crippen LogP contribution in [0.2, 0.25) is 0 Å².